The molecule has 3 rings (SSSR count). The second-order valence-electron chi connectivity index (χ2n) is 5.12. The lowest BCUT2D eigenvalue weighted by atomic mass is 10.1. The number of hydrogen-bond acceptors (Lipinski definition) is 5. The Hall–Kier alpha value is -2.21. The molecule has 1 fully saturated rings. The second-order valence-corrected chi connectivity index (χ2v) is 5.12. The topological polar surface area (TPSA) is 77.2 Å². The van der Waals surface area contributed by atoms with E-state index in [0.29, 0.717) is 18.3 Å². The highest BCUT2D eigenvalue weighted by Gasteiger charge is 2.24. The minimum Gasteiger partial charge on any atom is -0.368 e. The predicted molar refractivity (Wildman–Crippen MR) is 76.8 cm³/mol. The van der Waals surface area contributed by atoms with Crippen molar-refractivity contribution >= 4 is 11.6 Å². The molecular weight excluding hydrogens is 270 g/mol. The Morgan fingerprint density at radius 2 is 2.24 bits per heavy atom. The van der Waals surface area contributed by atoms with Crippen molar-refractivity contribution < 1.29 is 14.1 Å². The molecule has 6 nitrogen and oxygen atoms in total. The lowest BCUT2D eigenvalue weighted by Crippen LogP contribution is -2.27. The fourth-order valence-corrected chi connectivity index (χ4v) is 2.41. The standard InChI is InChI=1S/C15H17N3O3/c1-9-11(15-16-10(2)18-21-15)5-3-6-12(9)17-14(19)13-7-4-8-20-13/h3,5-6,13H,4,7-8H2,1-2H3,(H,17,19). The third-order valence-corrected chi connectivity index (χ3v) is 3.57. The number of nitrogens with one attached hydrogen (secondary N) is 1. The largest absolute Gasteiger partial charge is 0.368 e. The molecule has 1 atom stereocenters. The Labute approximate surface area is 122 Å². The summed E-state index contributed by atoms with van der Waals surface area (Å²) in [7, 11) is 0. The molecule has 2 aromatic rings. The third kappa shape index (κ3) is 2.80. The van der Waals surface area contributed by atoms with Crippen LogP contribution in [-0.2, 0) is 9.53 Å². The Bertz CT molecular complexity index is 660. The minimum atomic E-state index is -0.348. The van der Waals surface area contributed by atoms with Crippen LogP contribution in [0.3, 0.4) is 0 Å². The highest BCUT2D eigenvalue weighted by molar-refractivity contribution is 5.95. The monoisotopic (exact) mass is 287 g/mol. The van der Waals surface area contributed by atoms with Gasteiger partial charge in [-0.3, -0.25) is 4.79 Å². The molecule has 0 saturated carbocycles. The summed E-state index contributed by atoms with van der Waals surface area (Å²) in [6, 6.07) is 5.60. The number of rotatable bonds is 3. The quantitative estimate of drug-likeness (QED) is 0.938. The van der Waals surface area contributed by atoms with Gasteiger partial charge in [0, 0.05) is 17.9 Å². The summed E-state index contributed by atoms with van der Waals surface area (Å²) in [6.45, 7) is 4.34. The van der Waals surface area contributed by atoms with E-state index in [-0.39, 0.29) is 12.0 Å². The summed E-state index contributed by atoms with van der Waals surface area (Å²) in [4.78, 5) is 16.4. The molecule has 2 heterocycles. The van der Waals surface area contributed by atoms with Gasteiger partial charge in [-0.1, -0.05) is 11.2 Å². The molecular formula is C15H17N3O3. The van der Waals surface area contributed by atoms with Gasteiger partial charge in [0.1, 0.15) is 6.10 Å². The van der Waals surface area contributed by atoms with Gasteiger partial charge in [-0.15, -0.1) is 0 Å². The smallest absolute Gasteiger partial charge is 0.258 e. The predicted octanol–water partition coefficient (Wildman–Crippen LogP) is 2.47. The van der Waals surface area contributed by atoms with E-state index in [9.17, 15) is 4.79 Å². The molecule has 0 aliphatic carbocycles. The van der Waals surface area contributed by atoms with E-state index in [1.165, 1.54) is 0 Å². The molecule has 0 bridgehead atoms. The van der Waals surface area contributed by atoms with E-state index in [1.807, 2.05) is 25.1 Å². The first-order valence-electron chi connectivity index (χ1n) is 6.98. The van der Waals surface area contributed by atoms with Crippen molar-refractivity contribution in [2.45, 2.75) is 32.8 Å². The first-order valence-corrected chi connectivity index (χ1v) is 6.98. The summed E-state index contributed by atoms with van der Waals surface area (Å²) in [6.07, 6.45) is 1.35. The van der Waals surface area contributed by atoms with E-state index < -0.39 is 0 Å². The summed E-state index contributed by atoms with van der Waals surface area (Å²) in [5.41, 5.74) is 2.46. The van der Waals surface area contributed by atoms with Gasteiger partial charge in [0.05, 0.1) is 0 Å². The van der Waals surface area contributed by atoms with Crippen LogP contribution in [0.2, 0.25) is 0 Å². The molecule has 1 unspecified atom stereocenters. The SMILES string of the molecule is Cc1noc(-c2cccc(NC(=O)C3CCCO3)c2C)n1. The van der Waals surface area contributed by atoms with Crippen molar-refractivity contribution in [3.63, 3.8) is 0 Å². The summed E-state index contributed by atoms with van der Waals surface area (Å²) in [5, 5.41) is 6.71. The molecule has 0 radical (unpaired) electrons. The Balaban J connectivity index is 1.84. The van der Waals surface area contributed by atoms with E-state index in [2.05, 4.69) is 15.5 Å². The average molecular weight is 287 g/mol. The van der Waals surface area contributed by atoms with Crippen LogP contribution in [0, 0.1) is 13.8 Å². The van der Waals surface area contributed by atoms with Crippen LogP contribution in [0.1, 0.15) is 24.2 Å². The number of amides is 1. The highest BCUT2D eigenvalue weighted by atomic mass is 16.5. The van der Waals surface area contributed by atoms with Crippen LogP contribution < -0.4 is 5.32 Å². The molecule has 1 aliphatic rings. The van der Waals surface area contributed by atoms with E-state index in [4.69, 9.17) is 9.26 Å². The van der Waals surface area contributed by atoms with Crippen molar-refractivity contribution in [2.75, 3.05) is 11.9 Å². The molecule has 0 spiro atoms. The highest BCUT2D eigenvalue weighted by Crippen LogP contribution is 2.28. The van der Waals surface area contributed by atoms with Crippen molar-refractivity contribution in [2.24, 2.45) is 0 Å². The number of carbonyl (C=O) groups is 1. The first kappa shape index (κ1) is 13.8. The zero-order chi connectivity index (χ0) is 14.8. The van der Waals surface area contributed by atoms with Gasteiger partial charge in [-0.2, -0.15) is 4.98 Å². The Morgan fingerprint density at radius 1 is 1.38 bits per heavy atom. The number of anilines is 1. The number of hydrogen-bond donors (Lipinski definition) is 1. The van der Waals surface area contributed by atoms with E-state index in [0.717, 1.165) is 29.7 Å². The number of aryl methyl sites for hydroxylation is 1. The van der Waals surface area contributed by atoms with Gasteiger partial charge in [-0.25, -0.2) is 0 Å². The second kappa shape index (κ2) is 5.65. The molecule has 1 saturated heterocycles. The number of benzene rings is 1. The number of ether oxygens (including phenoxy) is 1. The van der Waals surface area contributed by atoms with Crippen LogP contribution in [0.4, 0.5) is 5.69 Å². The van der Waals surface area contributed by atoms with Crippen LogP contribution in [0.25, 0.3) is 11.5 Å². The molecule has 110 valence electrons. The van der Waals surface area contributed by atoms with Crippen LogP contribution in [0.15, 0.2) is 22.7 Å². The van der Waals surface area contributed by atoms with Crippen molar-refractivity contribution in [3.05, 3.63) is 29.6 Å². The maximum absolute atomic E-state index is 12.1. The maximum Gasteiger partial charge on any atom is 0.258 e. The molecule has 21 heavy (non-hydrogen) atoms. The Morgan fingerprint density at radius 3 is 2.90 bits per heavy atom. The van der Waals surface area contributed by atoms with Crippen molar-refractivity contribution in [1.29, 1.82) is 0 Å². The van der Waals surface area contributed by atoms with Gasteiger partial charge in [0.2, 0.25) is 0 Å². The molecule has 1 aromatic carbocycles. The van der Waals surface area contributed by atoms with Gasteiger partial charge in [-0.05, 0) is 44.4 Å². The normalized spacial score (nSPS) is 17.9. The maximum atomic E-state index is 12.1. The Kier molecular flexibility index (Phi) is 3.70. The summed E-state index contributed by atoms with van der Waals surface area (Å²) in [5.74, 6) is 0.936. The molecule has 1 N–H and O–H groups in total. The zero-order valence-corrected chi connectivity index (χ0v) is 12.0. The third-order valence-electron chi connectivity index (χ3n) is 3.57. The summed E-state index contributed by atoms with van der Waals surface area (Å²) < 4.78 is 10.6. The number of aromatic nitrogens is 2. The van der Waals surface area contributed by atoms with E-state index in [1.54, 1.807) is 6.92 Å². The molecule has 1 aliphatic heterocycles. The fourth-order valence-electron chi connectivity index (χ4n) is 2.41. The molecule has 1 amide bonds. The van der Waals surface area contributed by atoms with Gasteiger partial charge in [0.25, 0.3) is 11.8 Å². The van der Waals surface area contributed by atoms with Crippen molar-refractivity contribution in [3.8, 4) is 11.5 Å². The lowest BCUT2D eigenvalue weighted by Gasteiger charge is -2.13. The lowest BCUT2D eigenvalue weighted by molar-refractivity contribution is -0.124. The summed E-state index contributed by atoms with van der Waals surface area (Å²) >= 11 is 0. The molecule has 1 aromatic heterocycles. The number of nitrogens with zero attached hydrogens (tertiary/aromatic N) is 2. The van der Waals surface area contributed by atoms with Gasteiger partial charge >= 0.3 is 0 Å². The van der Waals surface area contributed by atoms with Gasteiger partial charge in [0.15, 0.2) is 5.82 Å². The number of carbonyl (C=O) groups excluding carboxylic acids is 1. The van der Waals surface area contributed by atoms with Crippen molar-refractivity contribution in [1.82, 2.24) is 10.1 Å². The van der Waals surface area contributed by atoms with Crippen LogP contribution in [0.5, 0.6) is 0 Å². The fraction of sp³-hybridized carbons (Fsp3) is 0.400. The van der Waals surface area contributed by atoms with E-state index >= 15 is 0 Å². The average Bonchev–Trinajstić information content (AvgIpc) is 3.12. The van der Waals surface area contributed by atoms with Crippen LogP contribution in [-0.4, -0.2) is 28.8 Å². The minimum absolute atomic E-state index is 0.102. The first-order chi connectivity index (χ1) is 10.1. The molecule has 6 heteroatoms. The van der Waals surface area contributed by atoms with Gasteiger partial charge < -0.3 is 14.6 Å². The van der Waals surface area contributed by atoms with Crippen LogP contribution >= 0.6 is 0 Å². The zero-order valence-electron chi connectivity index (χ0n) is 12.0.